The number of fused-ring (bicyclic) bond motifs is 4. The minimum absolute atomic E-state index is 0.0183. The number of carbonyl (C=O) groups is 2. The molecule has 58 heavy (non-hydrogen) atoms. The molecule has 9 rings (SSSR count). The minimum atomic E-state index is -0.708. The summed E-state index contributed by atoms with van der Waals surface area (Å²) in [5.41, 5.74) is 4.16. The molecule has 4 saturated heterocycles. The van der Waals surface area contributed by atoms with Crippen LogP contribution in [-0.4, -0.2) is 75.8 Å². The predicted molar refractivity (Wildman–Crippen MR) is 222 cm³/mol. The Hall–Kier alpha value is -5.65. The Bertz CT molecular complexity index is 2250. The molecule has 5 aromatic rings. The molecule has 4 aliphatic heterocycles. The summed E-state index contributed by atoms with van der Waals surface area (Å²) in [5, 5.41) is 24.9. The van der Waals surface area contributed by atoms with Crippen molar-refractivity contribution in [3.8, 4) is 11.5 Å². The number of aromatic hydroxyl groups is 1. The Morgan fingerprint density at radius 3 is 2.34 bits per heavy atom. The van der Waals surface area contributed by atoms with Crippen LogP contribution in [0, 0.1) is 11.8 Å². The quantitative estimate of drug-likeness (QED) is 0.0963. The summed E-state index contributed by atoms with van der Waals surface area (Å²) < 4.78 is 12.2. The number of nitrogens with zero attached hydrogens (tertiary/aromatic N) is 2. The molecule has 0 unspecified atom stereocenters. The molecule has 4 aliphatic rings. The summed E-state index contributed by atoms with van der Waals surface area (Å²) in [6.07, 6.45) is 5.14. The van der Waals surface area contributed by atoms with Crippen LogP contribution in [0.5, 0.6) is 11.5 Å². The van der Waals surface area contributed by atoms with Crippen LogP contribution in [-0.2, 0) is 11.3 Å². The van der Waals surface area contributed by atoms with Crippen molar-refractivity contribution < 1.29 is 29.3 Å². The number of rotatable bonds is 13. The highest BCUT2D eigenvalue weighted by Crippen LogP contribution is 2.33. The highest BCUT2D eigenvalue weighted by molar-refractivity contribution is 5.94. The Morgan fingerprint density at radius 1 is 0.845 bits per heavy atom. The molecule has 4 N–H and O–H groups in total. The van der Waals surface area contributed by atoms with Crippen LogP contribution >= 0.6 is 0 Å². The first-order valence-electron chi connectivity index (χ1n) is 20.7. The topological polar surface area (TPSA) is 144 Å². The lowest BCUT2D eigenvalue weighted by Gasteiger charge is -2.43. The van der Waals surface area contributed by atoms with E-state index in [-0.39, 0.29) is 23.3 Å². The highest BCUT2D eigenvalue weighted by Gasteiger charge is 2.37. The number of H-pyrrole nitrogens is 1. The summed E-state index contributed by atoms with van der Waals surface area (Å²) in [6, 6.07) is 31.1. The molecule has 0 saturated carbocycles. The van der Waals surface area contributed by atoms with E-state index < -0.39 is 18.2 Å². The summed E-state index contributed by atoms with van der Waals surface area (Å²) in [6.45, 7) is 4.68. The summed E-state index contributed by atoms with van der Waals surface area (Å²) in [4.78, 5) is 45.4. The second-order valence-electron chi connectivity index (χ2n) is 16.1. The zero-order chi connectivity index (χ0) is 40.0. The third kappa shape index (κ3) is 9.22. The summed E-state index contributed by atoms with van der Waals surface area (Å²) in [5.74, 6) is 1.59. The fourth-order valence-corrected chi connectivity index (χ4v) is 8.94. The van der Waals surface area contributed by atoms with E-state index in [0.717, 1.165) is 74.8 Å². The number of carbonyl (C=O) groups excluding carboxylic acids is 2. The summed E-state index contributed by atoms with van der Waals surface area (Å²) in [7, 11) is 0. The van der Waals surface area contributed by atoms with Gasteiger partial charge in [0.25, 0.3) is 5.91 Å². The third-order valence-electron chi connectivity index (χ3n) is 12.3. The van der Waals surface area contributed by atoms with Crippen molar-refractivity contribution in [1.82, 2.24) is 20.1 Å². The number of aromatic amines is 1. The van der Waals surface area contributed by atoms with Crippen molar-refractivity contribution in [2.24, 2.45) is 11.8 Å². The smallest absolute Gasteiger partial charge is 0.408 e. The molecule has 1 aromatic heterocycles. The second kappa shape index (κ2) is 17.9. The van der Waals surface area contributed by atoms with Crippen LogP contribution < -0.4 is 15.6 Å². The maximum Gasteiger partial charge on any atom is 0.408 e. The van der Waals surface area contributed by atoms with E-state index in [1.54, 1.807) is 12.1 Å². The van der Waals surface area contributed by atoms with Crippen LogP contribution in [0.25, 0.3) is 10.9 Å². The van der Waals surface area contributed by atoms with Crippen molar-refractivity contribution >= 4 is 22.9 Å². The molecule has 0 radical (unpaired) electrons. The van der Waals surface area contributed by atoms with E-state index in [1.165, 1.54) is 12.1 Å². The number of pyridine rings is 1. The van der Waals surface area contributed by atoms with Gasteiger partial charge in [-0.15, -0.1) is 0 Å². The molecule has 2 amide bonds. The normalized spacial score (nSPS) is 20.4. The largest absolute Gasteiger partial charge is 0.506 e. The Morgan fingerprint density at radius 2 is 1.60 bits per heavy atom. The summed E-state index contributed by atoms with van der Waals surface area (Å²) >= 11 is 0. The number of nitrogens with one attached hydrogen (secondary N) is 2. The van der Waals surface area contributed by atoms with Crippen LogP contribution in [0.3, 0.4) is 0 Å². The zero-order valence-electron chi connectivity index (χ0n) is 32.7. The van der Waals surface area contributed by atoms with E-state index in [1.807, 2.05) is 83.8 Å². The van der Waals surface area contributed by atoms with E-state index in [4.69, 9.17) is 9.47 Å². The number of hydrogen-bond donors (Lipinski definition) is 4. The van der Waals surface area contributed by atoms with Gasteiger partial charge >= 0.3 is 6.09 Å². The van der Waals surface area contributed by atoms with Gasteiger partial charge in [0.1, 0.15) is 24.2 Å². The van der Waals surface area contributed by atoms with Crippen molar-refractivity contribution in [2.45, 2.75) is 69.8 Å². The van der Waals surface area contributed by atoms with Gasteiger partial charge in [-0.05, 0) is 116 Å². The highest BCUT2D eigenvalue weighted by atomic mass is 16.6. The Balaban J connectivity index is 0.806. The molecule has 0 aliphatic carbocycles. The van der Waals surface area contributed by atoms with E-state index in [0.29, 0.717) is 65.7 Å². The molecule has 3 atom stereocenters. The number of phenolic OH excluding ortho intramolecular Hbond substituents is 1. The maximum atomic E-state index is 13.4. The Kier molecular flexibility index (Phi) is 12.1. The van der Waals surface area contributed by atoms with Crippen LogP contribution in [0.1, 0.15) is 89.7 Å². The van der Waals surface area contributed by atoms with Crippen LogP contribution in [0.4, 0.5) is 4.79 Å². The molecular formula is C47H52N4O7. The third-order valence-corrected chi connectivity index (χ3v) is 12.3. The van der Waals surface area contributed by atoms with Gasteiger partial charge in [-0.1, -0.05) is 73.5 Å². The van der Waals surface area contributed by atoms with E-state index in [2.05, 4.69) is 15.2 Å². The molecule has 11 nitrogen and oxygen atoms in total. The number of ether oxygens (including phenoxy) is 2. The minimum Gasteiger partial charge on any atom is -0.506 e. The standard InChI is InChI=1S/C47H52N4O7/c52-40(38-16-18-41(53)45-39(38)17-19-43(54)48-45)11-4-6-31-20-26-51(27-21-31)46(55)35-14-12-32(13-15-35)30-57-37-10-5-9-36(28-37)44(34-7-2-1-3-8-34)49-47(56)58-42-29-50-24-22-33(42)23-25-50/h1-3,5,7-10,12-19,28,31,33,40,42,44,52-53H,4,6,11,20-27,29-30H2,(H,48,54)(H,49,56)/t40-,42-,44-/m0/s1. The molecular weight excluding hydrogens is 733 g/mol. The second-order valence-corrected chi connectivity index (χ2v) is 16.1. The first-order chi connectivity index (χ1) is 28.3. The van der Waals surface area contributed by atoms with Gasteiger partial charge in [0.05, 0.1) is 17.7 Å². The van der Waals surface area contributed by atoms with Gasteiger partial charge in [0.2, 0.25) is 5.56 Å². The van der Waals surface area contributed by atoms with Gasteiger partial charge < -0.3 is 34.9 Å². The average molecular weight is 785 g/mol. The number of piperidine rings is 4. The number of alkyl carbamates (subject to hydrolysis) is 1. The van der Waals surface area contributed by atoms with Crippen molar-refractivity contribution in [3.05, 3.63) is 141 Å². The number of aliphatic hydroxyl groups is 1. The number of hydrogen-bond acceptors (Lipinski definition) is 8. The van der Waals surface area contributed by atoms with Gasteiger partial charge in [0, 0.05) is 36.7 Å². The Labute approximate surface area is 338 Å². The molecule has 4 fully saturated rings. The number of aromatic nitrogens is 1. The lowest BCUT2D eigenvalue weighted by atomic mass is 9.86. The van der Waals surface area contributed by atoms with Crippen molar-refractivity contribution in [2.75, 3.05) is 32.7 Å². The SMILES string of the molecule is O=C(N[C@@H](c1ccccc1)c1cccc(OCc2ccc(C(=O)N3CCC(CCC[C@H](O)c4ccc(O)c5[nH]c(=O)ccc45)CC3)cc2)c1)O[C@H]1CN2CCC1CC2. The molecule has 11 heteroatoms. The van der Waals surface area contributed by atoms with Crippen molar-refractivity contribution in [1.29, 1.82) is 0 Å². The van der Waals surface area contributed by atoms with E-state index >= 15 is 0 Å². The average Bonchev–Trinajstić information content (AvgIpc) is 3.26. The molecule has 2 bridgehead atoms. The van der Waals surface area contributed by atoms with Gasteiger partial charge in [-0.2, -0.15) is 0 Å². The molecule has 0 spiro atoms. The first kappa shape index (κ1) is 39.2. The molecule has 4 aromatic carbocycles. The monoisotopic (exact) mass is 784 g/mol. The molecule has 302 valence electrons. The lowest BCUT2D eigenvalue weighted by molar-refractivity contribution is -0.0336. The number of benzene rings is 4. The number of likely N-dealkylation sites (tertiary alicyclic amines) is 1. The van der Waals surface area contributed by atoms with E-state index in [9.17, 15) is 24.6 Å². The maximum absolute atomic E-state index is 13.4. The van der Waals surface area contributed by atoms with Gasteiger partial charge in [0.15, 0.2) is 0 Å². The van der Waals surface area contributed by atoms with Crippen LogP contribution in [0.15, 0.2) is 108 Å². The van der Waals surface area contributed by atoms with Crippen molar-refractivity contribution in [3.63, 3.8) is 0 Å². The number of phenols is 1. The predicted octanol–water partition coefficient (Wildman–Crippen LogP) is 7.48. The first-order valence-corrected chi connectivity index (χ1v) is 20.7. The fraction of sp³-hybridized carbons (Fsp3) is 0.383. The number of amides is 2. The van der Waals surface area contributed by atoms with Crippen LogP contribution in [0.2, 0.25) is 0 Å². The molecule has 5 heterocycles. The lowest BCUT2D eigenvalue weighted by Crippen LogP contribution is -2.52. The number of aliphatic hydroxyl groups excluding tert-OH is 1. The zero-order valence-corrected chi connectivity index (χ0v) is 32.7. The fourth-order valence-electron chi connectivity index (χ4n) is 8.94. The van der Waals surface area contributed by atoms with Gasteiger partial charge in [-0.25, -0.2) is 4.79 Å². The van der Waals surface area contributed by atoms with Gasteiger partial charge in [-0.3, -0.25) is 14.5 Å².